The highest BCUT2D eigenvalue weighted by Crippen LogP contribution is 1.99. The molecule has 1 amide bonds. The van der Waals surface area contributed by atoms with Crippen LogP contribution in [0.2, 0.25) is 0 Å². The first kappa shape index (κ1) is 14.4. The fourth-order valence-corrected chi connectivity index (χ4v) is 1.08. The van der Waals surface area contributed by atoms with Gasteiger partial charge in [0.1, 0.15) is 0 Å². The maximum absolute atomic E-state index is 11.4. The van der Waals surface area contributed by atoms with E-state index >= 15 is 0 Å². The van der Waals surface area contributed by atoms with Crippen LogP contribution in [0.25, 0.3) is 0 Å². The summed E-state index contributed by atoms with van der Waals surface area (Å²) in [7, 11) is 0. The van der Waals surface area contributed by atoms with E-state index in [9.17, 15) is 4.79 Å². The second kappa shape index (κ2) is 8.68. The van der Waals surface area contributed by atoms with Crippen LogP contribution in [0.3, 0.4) is 0 Å². The van der Waals surface area contributed by atoms with Gasteiger partial charge < -0.3 is 15.8 Å². The minimum absolute atomic E-state index is 0.0407. The van der Waals surface area contributed by atoms with E-state index in [2.05, 4.69) is 5.32 Å². The summed E-state index contributed by atoms with van der Waals surface area (Å²) in [5.41, 5.74) is 5.51. The van der Waals surface area contributed by atoms with Gasteiger partial charge in [-0.05, 0) is 25.8 Å². The molecule has 3 N–H and O–H groups in total. The van der Waals surface area contributed by atoms with E-state index in [4.69, 9.17) is 10.5 Å². The van der Waals surface area contributed by atoms with Crippen molar-refractivity contribution >= 4 is 5.91 Å². The molecule has 4 heteroatoms. The van der Waals surface area contributed by atoms with Gasteiger partial charge in [0.25, 0.3) is 0 Å². The molecule has 0 fully saturated rings. The number of hydrogen-bond acceptors (Lipinski definition) is 3. The van der Waals surface area contributed by atoms with Gasteiger partial charge >= 0.3 is 0 Å². The van der Waals surface area contributed by atoms with Crippen molar-refractivity contribution < 1.29 is 9.53 Å². The van der Waals surface area contributed by atoms with E-state index < -0.39 is 0 Å². The monoisotopic (exact) mass is 216 g/mol. The van der Waals surface area contributed by atoms with E-state index in [-0.39, 0.29) is 11.9 Å². The lowest BCUT2D eigenvalue weighted by atomic mass is 10.0. The van der Waals surface area contributed by atoms with Crippen LogP contribution in [0.5, 0.6) is 0 Å². The lowest BCUT2D eigenvalue weighted by Crippen LogP contribution is -2.40. The maximum atomic E-state index is 11.4. The molecular formula is C11H24N2O2. The Morgan fingerprint density at radius 1 is 1.40 bits per heavy atom. The molecule has 0 aliphatic heterocycles. The van der Waals surface area contributed by atoms with E-state index in [1.165, 1.54) is 0 Å². The van der Waals surface area contributed by atoms with Crippen LogP contribution in [0.4, 0.5) is 0 Å². The van der Waals surface area contributed by atoms with Crippen molar-refractivity contribution in [2.75, 3.05) is 19.8 Å². The number of carbonyl (C=O) groups is 1. The Labute approximate surface area is 92.6 Å². The largest absolute Gasteiger partial charge is 0.381 e. The molecule has 0 aliphatic carbocycles. The van der Waals surface area contributed by atoms with Crippen LogP contribution in [0.15, 0.2) is 0 Å². The predicted octanol–water partition coefficient (Wildman–Crippen LogP) is 0.903. The fraction of sp³-hybridized carbons (Fsp3) is 0.909. The number of nitrogens with one attached hydrogen (secondary N) is 1. The average molecular weight is 216 g/mol. The number of rotatable bonds is 8. The molecule has 2 atom stereocenters. The quantitative estimate of drug-likeness (QED) is 0.593. The summed E-state index contributed by atoms with van der Waals surface area (Å²) in [5.74, 6) is 0.351. The fourth-order valence-electron chi connectivity index (χ4n) is 1.08. The molecule has 15 heavy (non-hydrogen) atoms. The maximum Gasteiger partial charge on any atom is 0.222 e. The summed E-state index contributed by atoms with van der Waals surface area (Å²) in [6, 6.07) is 0.133. The van der Waals surface area contributed by atoms with Crippen molar-refractivity contribution in [2.45, 2.75) is 39.7 Å². The van der Waals surface area contributed by atoms with Gasteiger partial charge in [-0.25, -0.2) is 0 Å². The first-order valence-corrected chi connectivity index (χ1v) is 5.69. The molecule has 0 aromatic carbocycles. The molecule has 0 radical (unpaired) electrons. The van der Waals surface area contributed by atoms with Crippen molar-refractivity contribution in [3.8, 4) is 0 Å². The van der Waals surface area contributed by atoms with Crippen LogP contribution >= 0.6 is 0 Å². The summed E-state index contributed by atoms with van der Waals surface area (Å²) >= 11 is 0. The Kier molecular flexibility index (Phi) is 8.33. The van der Waals surface area contributed by atoms with E-state index in [0.717, 1.165) is 13.0 Å². The van der Waals surface area contributed by atoms with E-state index in [0.29, 0.717) is 25.5 Å². The van der Waals surface area contributed by atoms with Gasteiger partial charge in [-0.3, -0.25) is 4.79 Å². The predicted molar refractivity (Wildman–Crippen MR) is 61.6 cm³/mol. The van der Waals surface area contributed by atoms with Gasteiger partial charge in [0.15, 0.2) is 0 Å². The van der Waals surface area contributed by atoms with Crippen molar-refractivity contribution in [1.82, 2.24) is 5.32 Å². The molecule has 0 rings (SSSR count). The van der Waals surface area contributed by atoms with Crippen LogP contribution in [-0.2, 0) is 9.53 Å². The smallest absolute Gasteiger partial charge is 0.222 e. The normalized spacial score (nSPS) is 14.7. The number of carbonyl (C=O) groups excluding carboxylic acids is 1. The molecule has 0 aromatic rings. The third-order valence-corrected chi connectivity index (χ3v) is 2.44. The summed E-state index contributed by atoms with van der Waals surface area (Å²) in [6.45, 7) is 7.87. The van der Waals surface area contributed by atoms with Crippen molar-refractivity contribution in [1.29, 1.82) is 0 Å². The standard InChI is InChI=1S/C11H24N2O2/c1-4-6-15-7-5-11(14)13-10(3)9(2)8-12/h9-10H,4-8,12H2,1-3H3,(H,13,14). The third-order valence-electron chi connectivity index (χ3n) is 2.44. The molecule has 0 saturated heterocycles. The minimum Gasteiger partial charge on any atom is -0.381 e. The molecule has 0 heterocycles. The first-order valence-electron chi connectivity index (χ1n) is 5.69. The summed E-state index contributed by atoms with van der Waals surface area (Å²) in [5, 5.41) is 2.91. The lowest BCUT2D eigenvalue weighted by Gasteiger charge is -2.19. The van der Waals surface area contributed by atoms with Gasteiger partial charge in [-0.1, -0.05) is 13.8 Å². The van der Waals surface area contributed by atoms with Crippen molar-refractivity contribution in [3.05, 3.63) is 0 Å². The Balaban J connectivity index is 3.55. The Morgan fingerprint density at radius 3 is 2.60 bits per heavy atom. The number of ether oxygens (including phenoxy) is 1. The summed E-state index contributed by atoms with van der Waals surface area (Å²) in [6.07, 6.45) is 1.42. The van der Waals surface area contributed by atoms with Crippen molar-refractivity contribution in [2.24, 2.45) is 11.7 Å². The molecule has 2 unspecified atom stereocenters. The van der Waals surface area contributed by atoms with Crippen LogP contribution in [0.1, 0.15) is 33.6 Å². The van der Waals surface area contributed by atoms with Crippen molar-refractivity contribution in [3.63, 3.8) is 0 Å². The number of amides is 1. The topological polar surface area (TPSA) is 64.3 Å². The highest BCUT2D eigenvalue weighted by molar-refractivity contribution is 5.76. The molecule has 4 nitrogen and oxygen atoms in total. The highest BCUT2D eigenvalue weighted by Gasteiger charge is 2.12. The summed E-state index contributed by atoms with van der Waals surface area (Å²) in [4.78, 5) is 11.4. The zero-order chi connectivity index (χ0) is 11.7. The SMILES string of the molecule is CCCOCCC(=O)NC(C)C(C)CN. The lowest BCUT2D eigenvalue weighted by molar-refractivity contribution is -0.123. The zero-order valence-electron chi connectivity index (χ0n) is 10.1. The Hall–Kier alpha value is -0.610. The Bertz CT molecular complexity index is 174. The minimum atomic E-state index is 0.0407. The molecule has 0 aliphatic rings. The van der Waals surface area contributed by atoms with E-state index in [1.54, 1.807) is 0 Å². The van der Waals surface area contributed by atoms with Crippen LogP contribution < -0.4 is 11.1 Å². The van der Waals surface area contributed by atoms with Gasteiger partial charge in [0.05, 0.1) is 6.61 Å². The zero-order valence-corrected chi connectivity index (χ0v) is 10.1. The molecule has 0 aromatic heterocycles. The molecule has 0 bridgehead atoms. The second-order valence-electron chi connectivity index (χ2n) is 3.93. The third kappa shape index (κ3) is 7.33. The number of nitrogens with two attached hydrogens (primary N) is 1. The summed E-state index contributed by atoms with van der Waals surface area (Å²) < 4.78 is 5.24. The Morgan fingerprint density at radius 2 is 2.07 bits per heavy atom. The first-order chi connectivity index (χ1) is 7.11. The molecule has 0 spiro atoms. The molecular weight excluding hydrogens is 192 g/mol. The van der Waals surface area contributed by atoms with Gasteiger partial charge in [-0.15, -0.1) is 0 Å². The second-order valence-corrected chi connectivity index (χ2v) is 3.93. The van der Waals surface area contributed by atoms with Crippen LogP contribution in [-0.4, -0.2) is 31.7 Å². The van der Waals surface area contributed by atoms with Gasteiger partial charge in [0, 0.05) is 19.1 Å². The van der Waals surface area contributed by atoms with Crippen LogP contribution in [0, 0.1) is 5.92 Å². The van der Waals surface area contributed by atoms with E-state index in [1.807, 2.05) is 20.8 Å². The molecule has 0 saturated carbocycles. The van der Waals surface area contributed by atoms with Gasteiger partial charge in [-0.2, -0.15) is 0 Å². The van der Waals surface area contributed by atoms with Gasteiger partial charge in [0.2, 0.25) is 5.91 Å². The highest BCUT2D eigenvalue weighted by atomic mass is 16.5. The number of hydrogen-bond donors (Lipinski definition) is 2. The molecule has 90 valence electrons. The average Bonchev–Trinajstić information content (AvgIpc) is 2.23.